The van der Waals surface area contributed by atoms with E-state index in [0.29, 0.717) is 26.2 Å². The summed E-state index contributed by atoms with van der Waals surface area (Å²) in [4.78, 5) is 25.6. The van der Waals surface area contributed by atoms with Gasteiger partial charge in [-0.15, -0.1) is 24.2 Å². The van der Waals surface area contributed by atoms with E-state index in [4.69, 9.17) is 10.5 Å². The third-order valence-electron chi connectivity index (χ3n) is 4.16. The van der Waals surface area contributed by atoms with Crippen molar-refractivity contribution in [3.63, 3.8) is 0 Å². The number of nitrogens with zero attached hydrogens (tertiary/aromatic N) is 2. The number of non-ortho nitro benzene ring substituents is 1. The molecular formula is C17H26ClN3O4S. The van der Waals surface area contributed by atoms with Crippen LogP contribution in [0.2, 0.25) is 0 Å². The zero-order chi connectivity index (χ0) is 18.2. The minimum Gasteiger partial charge on any atom is -0.378 e. The third kappa shape index (κ3) is 6.75. The van der Waals surface area contributed by atoms with Gasteiger partial charge in [0.2, 0.25) is 5.91 Å². The number of nitro groups is 1. The van der Waals surface area contributed by atoms with E-state index >= 15 is 0 Å². The summed E-state index contributed by atoms with van der Waals surface area (Å²) in [6.45, 7) is 4.60. The van der Waals surface area contributed by atoms with Crippen molar-refractivity contribution in [2.45, 2.75) is 42.4 Å². The highest BCUT2D eigenvalue weighted by Crippen LogP contribution is 2.27. The number of rotatable bonds is 8. The summed E-state index contributed by atoms with van der Waals surface area (Å²) in [5.41, 5.74) is 5.51. The fraction of sp³-hybridized carbons (Fsp3) is 0.588. The van der Waals surface area contributed by atoms with Gasteiger partial charge in [-0.1, -0.05) is 0 Å². The first kappa shape index (κ1) is 22.7. The molecule has 1 atom stereocenters. The van der Waals surface area contributed by atoms with Crippen LogP contribution in [0.15, 0.2) is 29.2 Å². The van der Waals surface area contributed by atoms with Gasteiger partial charge in [-0.05, 0) is 44.9 Å². The number of hydrogen-bond acceptors (Lipinski definition) is 6. The van der Waals surface area contributed by atoms with Crippen LogP contribution < -0.4 is 5.73 Å². The van der Waals surface area contributed by atoms with Gasteiger partial charge in [-0.3, -0.25) is 14.9 Å². The number of carbonyl (C=O) groups excluding carboxylic acids is 1. The van der Waals surface area contributed by atoms with Crippen molar-refractivity contribution in [2.75, 3.05) is 26.2 Å². The standard InChI is InChI=1S/C17H25N3O4S.ClH/c1-13(25-16-5-3-14(4-6-16)20(22)23)17(21)19-10-7-15(8-11-19)24-12-2-9-18;/h3-6,13,15H,2,7-12,18H2,1H3;1H. The van der Waals surface area contributed by atoms with Gasteiger partial charge in [-0.25, -0.2) is 0 Å². The average Bonchev–Trinajstić information content (AvgIpc) is 2.62. The maximum absolute atomic E-state index is 12.6. The highest BCUT2D eigenvalue weighted by atomic mass is 35.5. The van der Waals surface area contributed by atoms with E-state index in [1.807, 2.05) is 11.8 Å². The van der Waals surface area contributed by atoms with E-state index in [-0.39, 0.29) is 35.4 Å². The summed E-state index contributed by atoms with van der Waals surface area (Å²) in [6, 6.07) is 6.29. The van der Waals surface area contributed by atoms with Crippen molar-refractivity contribution in [1.82, 2.24) is 4.90 Å². The molecule has 1 aromatic carbocycles. The Hall–Kier alpha value is -1.35. The first-order valence-corrected chi connectivity index (χ1v) is 9.40. The van der Waals surface area contributed by atoms with E-state index in [2.05, 4.69) is 0 Å². The lowest BCUT2D eigenvalue weighted by Crippen LogP contribution is -2.44. The summed E-state index contributed by atoms with van der Waals surface area (Å²) in [5.74, 6) is 0.101. The van der Waals surface area contributed by atoms with Crippen molar-refractivity contribution in [1.29, 1.82) is 0 Å². The van der Waals surface area contributed by atoms with Gasteiger partial charge in [0, 0.05) is 36.7 Å². The lowest BCUT2D eigenvalue weighted by Gasteiger charge is -2.33. The molecule has 1 aliphatic rings. The van der Waals surface area contributed by atoms with Crippen LogP contribution in [0.5, 0.6) is 0 Å². The van der Waals surface area contributed by atoms with Crippen LogP contribution in [0.3, 0.4) is 0 Å². The predicted octanol–water partition coefficient (Wildman–Crippen LogP) is 2.85. The number of carbonyl (C=O) groups is 1. The summed E-state index contributed by atoms with van der Waals surface area (Å²) in [6.07, 6.45) is 2.78. The largest absolute Gasteiger partial charge is 0.378 e. The third-order valence-corrected chi connectivity index (χ3v) is 5.26. The molecule has 0 spiro atoms. The van der Waals surface area contributed by atoms with Crippen LogP contribution >= 0.6 is 24.2 Å². The number of thioether (sulfide) groups is 1. The maximum Gasteiger partial charge on any atom is 0.269 e. The minimum atomic E-state index is -0.428. The number of halogens is 1. The molecular weight excluding hydrogens is 378 g/mol. The smallest absolute Gasteiger partial charge is 0.269 e. The maximum atomic E-state index is 12.6. The average molecular weight is 404 g/mol. The molecule has 0 bridgehead atoms. The second kappa shape index (κ2) is 11.4. The summed E-state index contributed by atoms with van der Waals surface area (Å²) >= 11 is 1.42. The van der Waals surface area contributed by atoms with E-state index in [1.165, 1.54) is 23.9 Å². The summed E-state index contributed by atoms with van der Waals surface area (Å²) in [5, 5.41) is 10.5. The number of amides is 1. The SMILES string of the molecule is CC(Sc1ccc([N+](=O)[O-])cc1)C(=O)N1CCC(OCCCN)CC1.Cl. The van der Waals surface area contributed by atoms with Crippen molar-refractivity contribution in [2.24, 2.45) is 5.73 Å². The van der Waals surface area contributed by atoms with E-state index < -0.39 is 4.92 Å². The van der Waals surface area contributed by atoms with Crippen molar-refractivity contribution < 1.29 is 14.5 Å². The molecule has 1 saturated heterocycles. The van der Waals surface area contributed by atoms with Crippen molar-refractivity contribution in [3.8, 4) is 0 Å². The Labute approximate surface area is 164 Å². The van der Waals surface area contributed by atoms with E-state index in [1.54, 1.807) is 12.1 Å². The molecule has 0 aliphatic carbocycles. The van der Waals surface area contributed by atoms with Gasteiger partial charge in [0.25, 0.3) is 5.69 Å². The number of likely N-dealkylation sites (tertiary alicyclic amines) is 1. The Balaban J connectivity index is 0.00000338. The number of hydrogen-bond donors (Lipinski definition) is 1. The molecule has 0 aromatic heterocycles. The number of benzene rings is 1. The lowest BCUT2D eigenvalue weighted by molar-refractivity contribution is -0.384. The fourth-order valence-corrected chi connectivity index (χ4v) is 3.69. The van der Waals surface area contributed by atoms with E-state index in [0.717, 1.165) is 24.2 Å². The van der Waals surface area contributed by atoms with Crippen LogP contribution in [0, 0.1) is 10.1 Å². The zero-order valence-corrected chi connectivity index (χ0v) is 16.5. The topological polar surface area (TPSA) is 98.7 Å². The van der Waals surface area contributed by atoms with Crippen LogP contribution in [-0.2, 0) is 9.53 Å². The van der Waals surface area contributed by atoms with Gasteiger partial charge in [-0.2, -0.15) is 0 Å². The van der Waals surface area contributed by atoms with Crippen LogP contribution in [0.1, 0.15) is 26.2 Å². The molecule has 2 rings (SSSR count). The molecule has 1 fully saturated rings. The number of nitro benzene ring substituents is 1. The van der Waals surface area contributed by atoms with Gasteiger partial charge < -0.3 is 15.4 Å². The summed E-state index contributed by atoms with van der Waals surface area (Å²) in [7, 11) is 0. The molecule has 1 amide bonds. The molecule has 26 heavy (non-hydrogen) atoms. The molecule has 1 heterocycles. The van der Waals surface area contributed by atoms with Gasteiger partial charge in [0.15, 0.2) is 0 Å². The molecule has 1 aromatic rings. The highest BCUT2D eigenvalue weighted by Gasteiger charge is 2.26. The molecule has 9 heteroatoms. The monoisotopic (exact) mass is 403 g/mol. The van der Waals surface area contributed by atoms with Gasteiger partial charge in [0.05, 0.1) is 16.3 Å². The van der Waals surface area contributed by atoms with Gasteiger partial charge >= 0.3 is 0 Å². The second-order valence-electron chi connectivity index (χ2n) is 6.05. The molecule has 146 valence electrons. The molecule has 2 N–H and O–H groups in total. The molecule has 1 unspecified atom stereocenters. The molecule has 7 nitrogen and oxygen atoms in total. The van der Waals surface area contributed by atoms with Crippen LogP contribution in [0.25, 0.3) is 0 Å². The normalized spacial score (nSPS) is 16.0. The van der Waals surface area contributed by atoms with Crippen LogP contribution in [-0.4, -0.2) is 53.3 Å². The first-order valence-electron chi connectivity index (χ1n) is 8.53. The molecule has 0 radical (unpaired) electrons. The molecule has 0 saturated carbocycles. The minimum absolute atomic E-state index is 0. The Morgan fingerprint density at radius 3 is 2.54 bits per heavy atom. The quantitative estimate of drug-likeness (QED) is 0.310. The van der Waals surface area contributed by atoms with Gasteiger partial charge in [0.1, 0.15) is 0 Å². The highest BCUT2D eigenvalue weighted by molar-refractivity contribution is 8.00. The van der Waals surface area contributed by atoms with Crippen LogP contribution in [0.4, 0.5) is 5.69 Å². The molecule has 1 aliphatic heterocycles. The number of nitrogens with two attached hydrogens (primary N) is 1. The van der Waals surface area contributed by atoms with E-state index in [9.17, 15) is 14.9 Å². The fourth-order valence-electron chi connectivity index (χ4n) is 2.73. The Kier molecular flexibility index (Phi) is 9.93. The van der Waals surface area contributed by atoms with Crippen molar-refractivity contribution >= 4 is 35.8 Å². The zero-order valence-electron chi connectivity index (χ0n) is 14.8. The van der Waals surface area contributed by atoms with Crippen molar-refractivity contribution in [3.05, 3.63) is 34.4 Å². The lowest BCUT2D eigenvalue weighted by atomic mass is 10.1. The Morgan fingerprint density at radius 1 is 1.38 bits per heavy atom. The predicted molar refractivity (Wildman–Crippen MR) is 105 cm³/mol. The second-order valence-corrected chi connectivity index (χ2v) is 7.46. The Morgan fingerprint density at radius 2 is 2.00 bits per heavy atom. The Bertz CT molecular complexity index is 580. The summed E-state index contributed by atoms with van der Waals surface area (Å²) < 4.78 is 5.76. The first-order chi connectivity index (χ1) is 12.0. The number of ether oxygens (including phenoxy) is 1. The number of piperidine rings is 1.